The molecule has 0 spiro atoms. The van der Waals surface area contributed by atoms with Crippen molar-refractivity contribution in [3.05, 3.63) is 11.5 Å². The van der Waals surface area contributed by atoms with Crippen molar-refractivity contribution in [2.45, 2.75) is 26.7 Å². The van der Waals surface area contributed by atoms with Crippen molar-refractivity contribution in [1.29, 1.82) is 0 Å². The van der Waals surface area contributed by atoms with Crippen molar-refractivity contribution in [1.82, 2.24) is 10.5 Å². The third kappa shape index (κ3) is 3.83. The molecule has 1 rings (SSSR count). The van der Waals surface area contributed by atoms with Crippen LogP contribution in [0.4, 0.5) is 5.69 Å². The lowest BCUT2D eigenvalue weighted by molar-refractivity contribution is -0.116. The quantitative estimate of drug-likeness (QED) is 0.828. The molecule has 1 heterocycles. The zero-order chi connectivity index (χ0) is 11.3. The average Bonchev–Trinajstić information content (AvgIpc) is 2.57. The third-order valence-electron chi connectivity index (χ3n) is 2.13. The molecule has 0 aliphatic heterocycles. The maximum Gasteiger partial charge on any atom is 0.225 e. The van der Waals surface area contributed by atoms with Crippen LogP contribution in [0.2, 0.25) is 0 Å². The number of halogens is 1. The summed E-state index contributed by atoms with van der Waals surface area (Å²) in [6.07, 6.45) is 1.20. The van der Waals surface area contributed by atoms with Gasteiger partial charge in [-0.25, -0.2) is 0 Å². The lowest BCUT2D eigenvalue weighted by Gasteiger charge is -2.04. The maximum atomic E-state index is 11.5. The van der Waals surface area contributed by atoms with Gasteiger partial charge in [-0.05, 0) is 20.4 Å². The Morgan fingerprint density at radius 3 is 2.75 bits per heavy atom. The largest absolute Gasteiger partial charge is 0.359 e. The monoisotopic (exact) mass is 247 g/mol. The number of carbonyl (C=O) groups excluding carboxylic acids is 1. The van der Waals surface area contributed by atoms with Crippen LogP contribution >= 0.6 is 12.4 Å². The molecule has 92 valence electrons. The van der Waals surface area contributed by atoms with Gasteiger partial charge in [-0.2, -0.15) is 0 Å². The van der Waals surface area contributed by atoms with Gasteiger partial charge >= 0.3 is 0 Å². The van der Waals surface area contributed by atoms with Crippen molar-refractivity contribution in [2.75, 3.05) is 18.9 Å². The molecule has 1 aromatic heterocycles. The molecule has 0 fully saturated rings. The van der Waals surface area contributed by atoms with E-state index in [1.165, 1.54) is 0 Å². The molecule has 6 heteroatoms. The maximum absolute atomic E-state index is 11.5. The van der Waals surface area contributed by atoms with Crippen LogP contribution in [-0.4, -0.2) is 24.7 Å². The van der Waals surface area contributed by atoms with Crippen LogP contribution in [0.1, 0.15) is 24.8 Å². The van der Waals surface area contributed by atoms with E-state index >= 15 is 0 Å². The Labute approximate surface area is 101 Å². The number of rotatable bonds is 5. The van der Waals surface area contributed by atoms with Gasteiger partial charge in [0.1, 0.15) is 11.4 Å². The summed E-state index contributed by atoms with van der Waals surface area (Å²) in [6.45, 7) is 4.43. The topological polar surface area (TPSA) is 67.2 Å². The van der Waals surface area contributed by atoms with E-state index in [0.29, 0.717) is 18.7 Å². The van der Waals surface area contributed by atoms with E-state index in [4.69, 9.17) is 4.52 Å². The van der Waals surface area contributed by atoms with E-state index in [2.05, 4.69) is 15.8 Å². The number of amides is 1. The Bertz CT molecular complexity index is 339. The van der Waals surface area contributed by atoms with E-state index in [0.717, 1.165) is 17.8 Å². The van der Waals surface area contributed by atoms with Crippen LogP contribution < -0.4 is 10.6 Å². The fourth-order valence-corrected chi connectivity index (χ4v) is 1.26. The highest BCUT2D eigenvalue weighted by Gasteiger charge is 2.13. The van der Waals surface area contributed by atoms with Gasteiger partial charge in [0, 0.05) is 13.0 Å². The summed E-state index contributed by atoms with van der Waals surface area (Å²) in [6, 6.07) is 0. The molecule has 0 aliphatic rings. The molecule has 2 N–H and O–H groups in total. The first kappa shape index (κ1) is 14.9. The Morgan fingerprint density at radius 1 is 1.50 bits per heavy atom. The second-order valence-electron chi connectivity index (χ2n) is 3.32. The molecule has 0 saturated carbocycles. The van der Waals surface area contributed by atoms with Crippen molar-refractivity contribution < 1.29 is 9.32 Å². The van der Waals surface area contributed by atoms with Crippen molar-refractivity contribution in [3.63, 3.8) is 0 Å². The van der Waals surface area contributed by atoms with Crippen molar-refractivity contribution >= 4 is 24.0 Å². The summed E-state index contributed by atoms with van der Waals surface area (Å²) in [5.74, 6) is 0.634. The van der Waals surface area contributed by atoms with E-state index in [-0.39, 0.29) is 18.3 Å². The van der Waals surface area contributed by atoms with Crippen LogP contribution in [0.25, 0.3) is 0 Å². The van der Waals surface area contributed by atoms with E-state index in [9.17, 15) is 4.79 Å². The molecule has 0 aliphatic carbocycles. The molecular formula is C10H18ClN3O2. The summed E-state index contributed by atoms with van der Waals surface area (Å²) < 4.78 is 5.01. The summed E-state index contributed by atoms with van der Waals surface area (Å²) in [7, 11) is 1.81. The minimum absolute atomic E-state index is 0. The number of hydrogen-bond donors (Lipinski definition) is 2. The van der Waals surface area contributed by atoms with Gasteiger partial charge in [-0.3, -0.25) is 4.79 Å². The third-order valence-corrected chi connectivity index (χ3v) is 2.13. The molecule has 0 unspecified atom stereocenters. The van der Waals surface area contributed by atoms with E-state index in [1.54, 1.807) is 6.92 Å². The Hall–Kier alpha value is -1.07. The lowest BCUT2D eigenvalue weighted by atomic mass is 10.2. The van der Waals surface area contributed by atoms with Crippen LogP contribution in [0.5, 0.6) is 0 Å². The first-order valence-electron chi connectivity index (χ1n) is 5.08. The van der Waals surface area contributed by atoms with Crippen LogP contribution in [0.3, 0.4) is 0 Å². The number of nitrogens with zero attached hydrogens (tertiary/aromatic N) is 1. The molecule has 0 aromatic carbocycles. The zero-order valence-electron chi connectivity index (χ0n) is 9.79. The number of hydrogen-bond acceptors (Lipinski definition) is 4. The summed E-state index contributed by atoms with van der Waals surface area (Å²) in [4.78, 5) is 11.5. The van der Waals surface area contributed by atoms with Gasteiger partial charge in [0.25, 0.3) is 0 Å². The van der Waals surface area contributed by atoms with Crippen LogP contribution in [0.15, 0.2) is 4.52 Å². The molecule has 0 radical (unpaired) electrons. The fraction of sp³-hybridized carbons (Fsp3) is 0.600. The normalized spacial score (nSPS) is 9.69. The Balaban J connectivity index is 0.00000225. The highest BCUT2D eigenvalue weighted by molar-refractivity contribution is 5.91. The number of anilines is 1. The SMILES string of the molecule is CCc1noc(C)c1NC(=O)CCNC.Cl. The molecule has 0 bridgehead atoms. The minimum atomic E-state index is -0.0228. The Morgan fingerprint density at radius 2 is 2.19 bits per heavy atom. The van der Waals surface area contributed by atoms with Crippen LogP contribution in [0, 0.1) is 6.92 Å². The van der Waals surface area contributed by atoms with Crippen molar-refractivity contribution in [3.8, 4) is 0 Å². The summed E-state index contributed by atoms with van der Waals surface area (Å²) >= 11 is 0. The second-order valence-corrected chi connectivity index (χ2v) is 3.32. The molecule has 0 atom stereocenters. The van der Waals surface area contributed by atoms with E-state index < -0.39 is 0 Å². The first-order chi connectivity index (χ1) is 7.19. The van der Waals surface area contributed by atoms with Crippen LogP contribution in [-0.2, 0) is 11.2 Å². The standard InChI is InChI=1S/C10H17N3O2.ClH/c1-4-8-10(7(2)15-13-8)12-9(14)5-6-11-3;/h11H,4-6H2,1-3H3,(H,12,14);1H. The average molecular weight is 248 g/mol. The number of aromatic nitrogens is 1. The molecular weight excluding hydrogens is 230 g/mol. The van der Waals surface area contributed by atoms with Gasteiger partial charge in [0.2, 0.25) is 5.91 Å². The molecule has 1 amide bonds. The highest BCUT2D eigenvalue weighted by Crippen LogP contribution is 2.20. The lowest BCUT2D eigenvalue weighted by Crippen LogP contribution is -2.19. The number of aryl methyl sites for hydroxylation is 2. The fourth-order valence-electron chi connectivity index (χ4n) is 1.26. The Kier molecular flexibility index (Phi) is 6.76. The molecule has 1 aromatic rings. The number of nitrogens with one attached hydrogen (secondary N) is 2. The highest BCUT2D eigenvalue weighted by atomic mass is 35.5. The molecule has 5 nitrogen and oxygen atoms in total. The van der Waals surface area contributed by atoms with Gasteiger partial charge < -0.3 is 15.2 Å². The number of carbonyl (C=O) groups is 1. The zero-order valence-corrected chi connectivity index (χ0v) is 10.6. The smallest absolute Gasteiger partial charge is 0.225 e. The van der Waals surface area contributed by atoms with E-state index in [1.807, 2.05) is 14.0 Å². The molecule has 0 saturated heterocycles. The molecule has 16 heavy (non-hydrogen) atoms. The minimum Gasteiger partial charge on any atom is -0.359 e. The van der Waals surface area contributed by atoms with Gasteiger partial charge in [-0.15, -0.1) is 12.4 Å². The van der Waals surface area contributed by atoms with Gasteiger partial charge in [0.05, 0.1) is 0 Å². The first-order valence-corrected chi connectivity index (χ1v) is 5.08. The summed E-state index contributed by atoms with van der Waals surface area (Å²) in [5, 5.41) is 9.59. The predicted octanol–water partition coefficient (Wildman–Crippen LogP) is 1.52. The predicted molar refractivity (Wildman–Crippen MR) is 65.0 cm³/mol. The van der Waals surface area contributed by atoms with Crippen molar-refractivity contribution in [2.24, 2.45) is 0 Å². The van der Waals surface area contributed by atoms with Gasteiger partial charge in [-0.1, -0.05) is 12.1 Å². The second kappa shape index (κ2) is 7.24. The van der Waals surface area contributed by atoms with Gasteiger partial charge in [0.15, 0.2) is 5.76 Å². The summed E-state index contributed by atoms with van der Waals surface area (Å²) in [5.41, 5.74) is 1.52.